The van der Waals surface area contributed by atoms with Gasteiger partial charge in [-0.3, -0.25) is 4.79 Å². The number of carbonyl (C=O) groups excluding carboxylic acids is 1. The molecule has 0 aliphatic heterocycles. The molecule has 5 heteroatoms. The zero-order valence-electron chi connectivity index (χ0n) is 7.91. The van der Waals surface area contributed by atoms with Crippen LogP contribution in [0.4, 0.5) is 0 Å². The van der Waals surface area contributed by atoms with Gasteiger partial charge in [-0.05, 0) is 23.6 Å². The van der Waals surface area contributed by atoms with Crippen molar-refractivity contribution in [2.24, 2.45) is 0 Å². The number of phenols is 1. The summed E-state index contributed by atoms with van der Waals surface area (Å²) in [5.74, 6) is -0.529. The summed E-state index contributed by atoms with van der Waals surface area (Å²) < 4.78 is 0. The van der Waals surface area contributed by atoms with Gasteiger partial charge in [0, 0.05) is 0 Å². The second-order valence-electron chi connectivity index (χ2n) is 3.06. The highest BCUT2D eigenvalue weighted by molar-refractivity contribution is 7.12. The monoisotopic (exact) mass is 272 g/mol. The minimum atomic E-state index is -0.271. The van der Waals surface area contributed by atoms with E-state index in [1.165, 1.54) is 23.5 Å². The van der Waals surface area contributed by atoms with Crippen LogP contribution in [0, 0.1) is 0 Å². The number of carbonyl (C=O) groups is 1. The van der Waals surface area contributed by atoms with Gasteiger partial charge in [0.1, 0.15) is 10.8 Å². The Kier molecular flexibility index (Phi) is 3.19. The van der Waals surface area contributed by atoms with E-state index in [4.69, 9.17) is 23.2 Å². The van der Waals surface area contributed by atoms with E-state index < -0.39 is 0 Å². The van der Waals surface area contributed by atoms with Crippen molar-refractivity contribution in [1.29, 1.82) is 0 Å². The van der Waals surface area contributed by atoms with Crippen molar-refractivity contribution in [1.82, 2.24) is 0 Å². The molecule has 0 aliphatic carbocycles. The topological polar surface area (TPSA) is 37.3 Å². The van der Waals surface area contributed by atoms with Crippen LogP contribution in [0.2, 0.25) is 10.0 Å². The smallest absolute Gasteiger partial charge is 0.206 e. The van der Waals surface area contributed by atoms with E-state index in [2.05, 4.69) is 0 Å². The van der Waals surface area contributed by atoms with Crippen LogP contribution in [0.1, 0.15) is 15.2 Å². The second kappa shape index (κ2) is 4.45. The summed E-state index contributed by atoms with van der Waals surface area (Å²) >= 11 is 12.8. The minimum Gasteiger partial charge on any atom is -0.506 e. The van der Waals surface area contributed by atoms with Gasteiger partial charge < -0.3 is 5.11 Å². The molecule has 1 aromatic heterocycles. The van der Waals surface area contributed by atoms with Gasteiger partial charge in [0.25, 0.3) is 0 Å². The number of ketones is 1. The Morgan fingerprint density at radius 3 is 2.62 bits per heavy atom. The molecular formula is C11H6Cl2O2S. The molecule has 0 unspecified atom stereocenters. The lowest BCUT2D eigenvalue weighted by Gasteiger charge is -2.05. The van der Waals surface area contributed by atoms with Crippen molar-refractivity contribution in [3.63, 3.8) is 0 Å². The van der Waals surface area contributed by atoms with E-state index in [-0.39, 0.29) is 27.1 Å². The molecule has 0 fully saturated rings. The second-order valence-corrected chi connectivity index (χ2v) is 4.80. The third kappa shape index (κ3) is 1.94. The van der Waals surface area contributed by atoms with Crippen LogP contribution in [0.5, 0.6) is 5.75 Å². The zero-order valence-corrected chi connectivity index (χ0v) is 10.2. The molecule has 1 heterocycles. The van der Waals surface area contributed by atoms with Crippen LogP contribution < -0.4 is 0 Å². The molecule has 1 aromatic carbocycles. The molecule has 0 saturated heterocycles. The number of halogens is 2. The first-order valence-electron chi connectivity index (χ1n) is 4.36. The molecule has 16 heavy (non-hydrogen) atoms. The summed E-state index contributed by atoms with van der Waals surface area (Å²) in [5, 5.41) is 11.7. The van der Waals surface area contributed by atoms with Gasteiger partial charge in [-0.15, -0.1) is 11.3 Å². The summed E-state index contributed by atoms with van der Waals surface area (Å²) in [5.41, 5.74) is 0.164. The van der Waals surface area contributed by atoms with Crippen molar-refractivity contribution < 1.29 is 9.90 Å². The Balaban J connectivity index is 2.50. The molecule has 0 radical (unpaired) electrons. The van der Waals surface area contributed by atoms with Gasteiger partial charge in [-0.2, -0.15) is 0 Å². The highest BCUT2D eigenvalue weighted by Crippen LogP contribution is 2.35. The Labute approximate surface area is 106 Å². The third-order valence-corrected chi connectivity index (χ3v) is 3.72. The van der Waals surface area contributed by atoms with E-state index in [1.807, 2.05) is 0 Å². The Morgan fingerprint density at radius 2 is 2.00 bits per heavy atom. The van der Waals surface area contributed by atoms with E-state index in [9.17, 15) is 9.90 Å². The van der Waals surface area contributed by atoms with Gasteiger partial charge in [-0.1, -0.05) is 29.3 Å². The van der Waals surface area contributed by atoms with Gasteiger partial charge in [-0.25, -0.2) is 0 Å². The van der Waals surface area contributed by atoms with E-state index in [0.717, 1.165) is 0 Å². The number of hydrogen-bond donors (Lipinski definition) is 1. The minimum absolute atomic E-state index is 0.00377. The molecule has 2 rings (SSSR count). The molecule has 2 aromatic rings. The summed E-state index contributed by atoms with van der Waals surface area (Å²) in [6, 6.07) is 6.41. The normalized spacial score (nSPS) is 10.4. The van der Waals surface area contributed by atoms with Crippen molar-refractivity contribution in [3.05, 3.63) is 50.1 Å². The third-order valence-electron chi connectivity index (χ3n) is 2.06. The van der Waals surface area contributed by atoms with E-state index >= 15 is 0 Å². The summed E-state index contributed by atoms with van der Waals surface area (Å²) in [6.45, 7) is 0. The highest BCUT2D eigenvalue weighted by Gasteiger charge is 2.17. The number of thiophene rings is 1. The predicted molar refractivity (Wildman–Crippen MR) is 65.9 cm³/mol. The zero-order chi connectivity index (χ0) is 11.7. The molecule has 0 amide bonds. The number of rotatable bonds is 2. The Morgan fingerprint density at radius 1 is 1.25 bits per heavy atom. The van der Waals surface area contributed by atoms with E-state index in [0.29, 0.717) is 4.88 Å². The molecule has 0 saturated carbocycles. The van der Waals surface area contributed by atoms with Crippen molar-refractivity contribution in [2.75, 3.05) is 0 Å². The largest absolute Gasteiger partial charge is 0.506 e. The quantitative estimate of drug-likeness (QED) is 0.840. The first-order valence-corrected chi connectivity index (χ1v) is 6.00. The van der Waals surface area contributed by atoms with Crippen molar-refractivity contribution in [3.8, 4) is 5.75 Å². The lowest BCUT2D eigenvalue weighted by Crippen LogP contribution is -1.99. The first kappa shape index (κ1) is 11.5. The van der Waals surface area contributed by atoms with Gasteiger partial charge in [0.05, 0.1) is 15.5 Å². The molecular weight excluding hydrogens is 267 g/mol. The van der Waals surface area contributed by atoms with Crippen LogP contribution in [0.15, 0.2) is 29.6 Å². The molecule has 0 bridgehead atoms. The summed E-state index contributed by atoms with van der Waals surface area (Å²) in [4.78, 5) is 12.5. The lowest BCUT2D eigenvalue weighted by atomic mass is 10.1. The van der Waals surface area contributed by atoms with Crippen LogP contribution >= 0.6 is 34.5 Å². The van der Waals surface area contributed by atoms with Crippen LogP contribution in [0.3, 0.4) is 0 Å². The molecule has 0 atom stereocenters. The molecule has 2 nitrogen and oxygen atoms in total. The standard InChI is InChI=1S/C11H6Cl2O2S/c12-7-4-3-6(11(15)9(7)13)10(14)8-2-1-5-16-8/h1-5,15H. The maximum absolute atomic E-state index is 11.9. The summed E-state index contributed by atoms with van der Waals surface area (Å²) in [7, 11) is 0. The average molecular weight is 273 g/mol. The van der Waals surface area contributed by atoms with E-state index in [1.54, 1.807) is 17.5 Å². The van der Waals surface area contributed by atoms with Crippen molar-refractivity contribution >= 4 is 40.3 Å². The Bertz CT molecular complexity index is 535. The van der Waals surface area contributed by atoms with Crippen LogP contribution in [0.25, 0.3) is 0 Å². The number of hydrogen-bond acceptors (Lipinski definition) is 3. The fraction of sp³-hybridized carbons (Fsp3) is 0. The SMILES string of the molecule is O=C(c1cccs1)c1ccc(Cl)c(Cl)c1O. The molecule has 0 aliphatic rings. The number of phenolic OH excluding ortho intramolecular Hbond substituents is 1. The first-order chi connectivity index (χ1) is 7.61. The fourth-order valence-electron chi connectivity index (χ4n) is 1.26. The Hall–Kier alpha value is -1.03. The van der Waals surface area contributed by atoms with Gasteiger partial charge in [0.2, 0.25) is 5.78 Å². The van der Waals surface area contributed by atoms with Gasteiger partial charge in [0.15, 0.2) is 0 Å². The predicted octanol–water partition coefficient (Wildman–Crippen LogP) is 3.99. The maximum Gasteiger partial charge on any atom is 0.206 e. The molecule has 82 valence electrons. The van der Waals surface area contributed by atoms with Crippen LogP contribution in [-0.4, -0.2) is 10.9 Å². The fourth-order valence-corrected chi connectivity index (χ4v) is 2.26. The van der Waals surface area contributed by atoms with Gasteiger partial charge >= 0.3 is 0 Å². The lowest BCUT2D eigenvalue weighted by molar-refractivity contribution is 0.104. The molecule has 1 N–H and O–H groups in total. The molecule has 0 spiro atoms. The average Bonchev–Trinajstić information content (AvgIpc) is 2.79. The van der Waals surface area contributed by atoms with Crippen molar-refractivity contribution in [2.45, 2.75) is 0 Å². The maximum atomic E-state index is 11.9. The number of aromatic hydroxyl groups is 1. The summed E-state index contributed by atoms with van der Waals surface area (Å²) in [6.07, 6.45) is 0. The highest BCUT2D eigenvalue weighted by atomic mass is 35.5. The van der Waals surface area contributed by atoms with Crippen LogP contribution in [-0.2, 0) is 0 Å². The number of benzene rings is 1.